The number of hydrogen-bond acceptors (Lipinski definition) is 3. The number of hydrogen-bond donors (Lipinski definition) is 0. The number of aliphatic imine (C=N–C) groups is 1. The number of para-hydroxylation sites is 1. The average molecular weight is 270 g/mol. The minimum absolute atomic E-state index is 1.15. The highest BCUT2D eigenvalue weighted by molar-refractivity contribution is 8.03. The quantitative estimate of drug-likeness (QED) is 0.602. The van der Waals surface area contributed by atoms with Crippen molar-refractivity contribution in [1.82, 2.24) is 0 Å². The molecule has 1 aliphatic rings. The molecule has 0 aromatic heterocycles. The van der Waals surface area contributed by atoms with Crippen LogP contribution in [0.4, 0.5) is 5.69 Å². The Kier molecular flexibility index (Phi) is 4.63. The van der Waals surface area contributed by atoms with Gasteiger partial charge < -0.3 is 4.90 Å². The van der Waals surface area contributed by atoms with Crippen molar-refractivity contribution in [2.24, 2.45) is 4.99 Å². The first-order chi connectivity index (χ1) is 9.26. The monoisotopic (exact) mass is 270 g/mol. The van der Waals surface area contributed by atoms with Crippen LogP contribution in [0.3, 0.4) is 0 Å². The molecular weight excluding hydrogens is 252 g/mol. The smallest absolute Gasteiger partial charge is 0.0804 e. The van der Waals surface area contributed by atoms with E-state index < -0.39 is 0 Å². The molecule has 0 N–H and O–H groups in total. The molecule has 0 atom stereocenters. The Balaban J connectivity index is 2.31. The molecule has 0 bridgehead atoms. The highest BCUT2D eigenvalue weighted by Crippen LogP contribution is 2.44. The van der Waals surface area contributed by atoms with Gasteiger partial charge in [0.15, 0.2) is 0 Å². The van der Waals surface area contributed by atoms with E-state index in [0.717, 1.165) is 5.57 Å². The number of fused-ring (bicyclic) bond motifs is 1. The fourth-order valence-corrected chi connectivity index (χ4v) is 3.01. The summed E-state index contributed by atoms with van der Waals surface area (Å²) >= 11 is 1.80. The van der Waals surface area contributed by atoms with Crippen molar-refractivity contribution < 1.29 is 0 Å². The molecule has 1 aromatic carbocycles. The molecule has 0 saturated heterocycles. The van der Waals surface area contributed by atoms with Gasteiger partial charge in [0.2, 0.25) is 0 Å². The van der Waals surface area contributed by atoms with Crippen LogP contribution in [0.2, 0.25) is 0 Å². The van der Waals surface area contributed by atoms with Gasteiger partial charge in [-0.3, -0.25) is 4.99 Å². The number of anilines is 1. The maximum Gasteiger partial charge on any atom is 0.0804 e. The largest absolute Gasteiger partial charge is 0.338 e. The van der Waals surface area contributed by atoms with Crippen LogP contribution < -0.4 is 4.90 Å². The van der Waals surface area contributed by atoms with E-state index in [0.29, 0.717) is 0 Å². The van der Waals surface area contributed by atoms with E-state index in [1.165, 1.54) is 15.6 Å². The first-order valence-electron chi connectivity index (χ1n) is 6.23. The number of nitrogens with zero attached hydrogens (tertiary/aromatic N) is 2. The van der Waals surface area contributed by atoms with Crippen LogP contribution in [-0.2, 0) is 0 Å². The first kappa shape index (κ1) is 13.7. The predicted molar refractivity (Wildman–Crippen MR) is 86.1 cm³/mol. The maximum absolute atomic E-state index is 4.01. The lowest BCUT2D eigenvalue weighted by Crippen LogP contribution is -2.09. The van der Waals surface area contributed by atoms with E-state index in [2.05, 4.69) is 53.4 Å². The summed E-state index contributed by atoms with van der Waals surface area (Å²) in [7, 11) is 3.88. The van der Waals surface area contributed by atoms with E-state index in [1.54, 1.807) is 18.8 Å². The Hall–Kier alpha value is -1.74. The Morgan fingerprint density at radius 3 is 2.79 bits per heavy atom. The molecule has 19 heavy (non-hydrogen) atoms. The Morgan fingerprint density at radius 2 is 2.11 bits per heavy atom. The normalized spacial score (nSPS) is 17.9. The van der Waals surface area contributed by atoms with Gasteiger partial charge in [0.05, 0.1) is 10.7 Å². The summed E-state index contributed by atoms with van der Waals surface area (Å²) in [6.07, 6.45) is 10.2. The van der Waals surface area contributed by atoms with E-state index in [4.69, 9.17) is 0 Å². The maximum atomic E-state index is 4.01. The summed E-state index contributed by atoms with van der Waals surface area (Å²) in [6, 6.07) is 8.46. The van der Waals surface area contributed by atoms with Gasteiger partial charge in [0, 0.05) is 25.2 Å². The lowest BCUT2D eigenvalue weighted by atomic mass is 10.2. The van der Waals surface area contributed by atoms with Gasteiger partial charge in [0.25, 0.3) is 0 Å². The van der Waals surface area contributed by atoms with Crippen LogP contribution in [0.25, 0.3) is 0 Å². The molecule has 0 spiro atoms. The Morgan fingerprint density at radius 1 is 1.32 bits per heavy atom. The molecule has 0 fully saturated rings. The minimum Gasteiger partial charge on any atom is -0.338 e. The molecule has 0 aliphatic carbocycles. The lowest BCUT2D eigenvalue weighted by molar-refractivity contribution is 1.17. The summed E-state index contributed by atoms with van der Waals surface area (Å²) in [4.78, 5) is 7.53. The zero-order chi connectivity index (χ0) is 13.7. The number of allylic oxidation sites excluding steroid dienone is 5. The Labute approximate surface area is 119 Å². The molecule has 1 aromatic rings. The summed E-state index contributed by atoms with van der Waals surface area (Å²) in [5.74, 6) is 0. The standard InChI is InChI=1S/C16H18N2S/c1-4-7-13(10-11-17-2)12-16-18(3)14-8-5-6-9-15(14)19-16/h4-12H,1-3H3/b7-4-,13-10+,16-12-,17-11?. The number of rotatable bonds is 3. The molecule has 2 rings (SSSR count). The fourth-order valence-electron chi connectivity index (χ4n) is 1.89. The fraction of sp³-hybridized carbons (Fsp3) is 0.188. The van der Waals surface area contributed by atoms with Crippen LogP contribution in [-0.4, -0.2) is 20.3 Å². The van der Waals surface area contributed by atoms with E-state index in [1.807, 2.05) is 25.3 Å². The van der Waals surface area contributed by atoms with E-state index >= 15 is 0 Å². The lowest BCUT2D eigenvalue weighted by Gasteiger charge is -2.13. The molecular formula is C16H18N2S. The van der Waals surface area contributed by atoms with Gasteiger partial charge in [-0.2, -0.15) is 0 Å². The van der Waals surface area contributed by atoms with E-state index in [9.17, 15) is 0 Å². The first-order valence-corrected chi connectivity index (χ1v) is 7.05. The third-order valence-corrected chi connectivity index (χ3v) is 4.00. The van der Waals surface area contributed by atoms with Crippen LogP contribution in [0.1, 0.15) is 6.92 Å². The SMILES string of the molecule is C\C=C/C(/C=C1\Sc2ccccc2N1C)=C\C=NC. The average Bonchev–Trinajstić information content (AvgIpc) is 2.74. The van der Waals surface area contributed by atoms with E-state index in [-0.39, 0.29) is 0 Å². The number of thioether (sulfide) groups is 1. The zero-order valence-corrected chi connectivity index (χ0v) is 12.3. The third-order valence-electron chi connectivity index (χ3n) is 2.84. The van der Waals surface area contributed by atoms with Gasteiger partial charge in [-0.1, -0.05) is 36.0 Å². The molecule has 0 amide bonds. The summed E-state index contributed by atoms with van der Waals surface area (Å²) < 4.78 is 0. The molecule has 98 valence electrons. The van der Waals surface area contributed by atoms with Gasteiger partial charge in [0.1, 0.15) is 0 Å². The van der Waals surface area contributed by atoms with Crippen molar-refractivity contribution in [1.29, 1.82) is 0 Å². The van der Waals surface area contributed by atoms with Crippen molar-refractivity contribution in [2.45, 2.75) is 11.8 Å². The number of benzene rings is 1. The molecule has 3 heteroatoms. The van der Waals surface area contributed by atoms with Crippen LogP contribution >= 0.6 is 11.8 Å². The van der Waals surface area contributed by atoms with Crippen LogP contribution in [0.15, 0.2) is 69.1 Å². The van der Waals surface area contributed by atoms with Gasteiger partial charge >= 0.3 is 0 Å². The van der Waals surface area contributed by atoms with Crippen molar-refractivity contribution in [3.8, 4) is 0 Å². The molecule has 1 heterocycles. The van der Waals surface area contributed by atoms with Crippen molar-refractivity contribution in [2.75, 3.05) is 19.0 Å². The summed E-state index contributed by atoms with van der Waals surface area (Å²) in [6.45, 7) is 2.02. The van der Waals surface area contributed by atoms with Gasteiger partial charge in [-0.05, 0) is 36.8 Å². The third kappa shape index (κ3) is 3.18. The second-order valence-electron chi connectivity index (χ2n) is 4.19. The van der Waals surface area contributed by atoms with Crippen molar-refractivity contribution in [3.63, 3.8) is 0 Å². The van der Waals surface area contributed by atoms with Crippen LogP contribution in [0, 0.1) is 0 Å². The predicted octanol–water partition coefficient (Wildman–Crippen LogP) is 4.27. The summed E-state index contributed by atoms with van der Waals surface area (Å²) in [5, 5.41) is 1.23. The second-order valence-corrected chi connectivity index (χ2v) is 5.25. The topological polar surface area (TPSA) is 15.6 Å². The highest BCUT2D eigenvalue weighted by Gasteiger charge is 2.20. The van der Waals surface area contributed by atoms with Gasteiger partial charge in [-0.15, -0.1) is 0 Å². The Bertz CT molecular complexity index is 568. The highest BCUT2D eigenvalue weighted by atomic mass is 32.2. The van der Waals surface area contributed by atoms with Crippen molar-refractivity contribution >= 4 is 23.7 Å². The molecule has 0 radical (unpaired) electrons. The molecule has 1 aliphatic heterocycles. The molecule has 0 unspecified atom stereocenters. The zero-order valence-electron chi connectivity index (χ0n) is 11.5. The molecule has 2 nitrogen and oxygen atoms in total. The minimum atomic E-state index is 1.15. The van der Waals surface area contributed by atoms with Gasteiger partial charge in [-0.25, -0.2) is 0 Å². The van der Waals surface area contributed by atoms with Crippen LogP contribution in [0.5, 0.6) is 0 Å². The second kappa shape index (κ2) is 6.43. The molecule has 0 saturated carbocycles. The van der Waals surface area contributed by atoms with Crippen molar-refractivity contribution in [3.05, 3.63) is 59.2 Å². The summed E-state index contributed by atoms with van der Waals surface area (Å²) in [5.41, 5.74) is 2.41.